The monoisotopic (exact) mass is 453 g/mol. The summed E-state index contributed by atoms with van der Waals surface area (Å²) in [4.78, 5) is 15.8. The molecule has 166 valence electrons. The third kappa shape index (κ3) is 6.05. The predicted molar refractivity (Wildman–Crippen MR) is 130 cm³/mol. The maximum absolute atomic E-state index is 12.3. The van der Waals surface area contributed by atoms with Crippen LogP contribution in [0.25, 0.3) is 17.0 Å². The Kier molecular flexibility index (Phi) is 7.79. The number of aliphatic imine (C=N–C) groups is 1. The fourth-order valence-corrected chi connectivity index (χ4v) is 3.42. The highest BCUT2D eigenvalue weighted by Gasteiger charge is 2.10. The average Bonchev–Trinajstić information content (AvgIpc) is 3.13. The zero-order chi connectivity index (χ0) is 23.1. The normalized spacial score (nSPS) is 12.5. The zero-order valence-corrected chi connectivity index (χ0v) is 19.0. The van der Waals surface area contributed by atoms with Crippen LogP contribution in [0.4, 0.5) is 4.39 Å². The van der Waals surface area contributed by atoms with Crippen molar-refractivity contribution >= 4 is 38.2 Å². The second kappa shape index (κ2) is 10.7. The molecule has 0 amide bonds. The second-order valence-electron chi connectivity index (χ2n) is 7.21. The molecule has 2 aromatic carbocycles. The van der Waals surface area contributed by atoms with Gasteiger partial charge in [0.1, 0.15) is 5.75 Å². The van der Waals surface area contributed by atoms with E-state index in [1.165, 1.54) is 12.1 Å². The first-order chi connectivity index (χ1) is 15.4. The molecule has 0 aliphatic carbocycles. The molecule has 0 radical (unpaired) electrons. The van der Waals surface area contributed by atoms with Crippen molar-refractivity contribution in [1.29, 1.82) is 0 Å². The lowest BCUT2D eigenvalue weighted by molar-refractivity contribution is 0.0695. The summed E-state index contributed by atoms with van der Waals surface area (Å²) in [7, 11) is 4.67. The number of benzene rings is 2. The molecule has 0 aliphatic rings. The van der Waals surface area contributed by atoms with Crippen LogP contribution in [0.5, 0.6) is 5.75 Å². The highest BCUT2D eigenvalue weighted by molar-refractivity contribution is 7.22. The minimum absolute atomic E-state index is 0.147. The van der Waals surface area contributed by atoms with E-state index < -0.39 is 5.97 Å². The van der Waals surface area contributed by atoms with Crippen molar-refractivity contribution < 1.29 is 19.0 Å². The molecule has 0 saturated carbocycles. The fourth-order valence-electron chi connectivity index (χ4n) is 3.13. The number of ether oxygens (including phenoxy) is 1. The largest absolute Gasteiger partial charge is 0.478 e. The molecule has 0 saturated heterocycles. The van der Waals surface area contributed by atoms with Crippen LogP contribution in [0.3, 0.4) is 0 Å². The van der Waals surface area contributed by atoms with E-state index in [0.29, 0.717) is 24.2 Å². The number of fused-ring (bicyclic) bond motifs is 1. The molecule has 32 heavy (non-hydrogen) atoms. The van der Waals surface area contributed by atoms with Crippen molar-refractivity contribution in [2.24, 2.45) is 12.0 Å². The van der Waals surface area contributed by atoms with Crippen LogP contribution in [0.2, 0.25) is 0 Å². The third-order valence-electron chi connectivity index (χ3n) is 4.78. The molecule has 1 heterocycles. The molecular weight excluding hydrogens is 428 g/mol. The predicted octanol–water partition coefficient (Wildman–Crippen LogP) is 4.91. The molecule has 2 N–H and O–H groups in total. The summed E-state index contributed by atoms with van der Waals surface area (Å²) >= 11 is 0. The van der Waals surface area contributed by atoms with Crippen molar-refractivity contribution in [3.05, 3.63) is 83.1 Å². The molecular formula is C24H25FN3O3P. The number of amidine groups is 1. The van der Waals surface area contributed by atoms with E-state index in [0.717, 1.165) is 21.8 Å². The van der Waals surface area contributed by atoms with Crippen molar-refractivity contribution in [2.45, 2.75) is 6.92 Å². The van der Waals surface area contributed by atoms with Gasteiger partial charge in [-0.05, 0) is 65.8 Å². The van der Waals surface area contributed by atoms with Crippen LogP contribution in [0, 0.1) is 6.92 Å². The number of nitrogens with zero attached hydrogens (tertiary/aromatic N) is 2. The molecule has 0 bridgehead atoms. The van der Waals surface area contributed by atoms with E-state index in [1.807, 2.05) is 25.4 Å². The molecule has 0 spiro atoms. The molecule has 1 atom stereocenters. The van der Waals surface area contributed by atoms with Crippen molar-refractivity contribution in [1.82, 2.24) is 9.88 Å². The third-order valence-corrected chi connectivity index (χ3v) is 5.13. The van der Waals surface area contributed by atoms with Crippen LogP contribution in [0.1, 0.15) is 21.5 Å². The Labute approximate surface area is 188 Å². The van der Waals surface area contributed by atoms with Gasteiger partial charge >= 0.3 is 5.97 Å². The second-order valence-corrected chi connectivity index (χ2v) is 7.95. The lowest BCUT2D eigenvalue weighted by Gasteiger charge is -2.11. The standard InChI is InChI=1S/C24H25FN3O3P/c1-16-4-6-19(14-21(16)23(29)30)31-24(26-10-3-9-25)27-15-20(32)13-17-5-7-22-18(12-17)8-11-28(22)2/h3-9,11-14H,10,15,32H2,1-2H3,(H,26,27)(H,29,30)/b9-3+,20-13-. The Balaban J connectivity index is 1.78. The van der Waals surface area contributed by atoms with Gasteiger partial charge in [0.15, 0.2) is 0 Å². The maximum Gasteiger partial charge on any atom is 0.336 e. The van der Waals surface area contributed by atoms with Crippen LogP contribution in [0.15, 0.2) is 71.4 Å². The number of rotatable bonds is 7. The minimum Gasteiger partial charge on any atom is -0.478 e. The fraction of sp³-hybridized carbons (Fsp3) is 0.167. The van der Waals surface area contributed by atoms with Crippen LogP contribution in [-0.4, -0.2) is 34.8 Å². The quantitative estimate of drug-likeness (QED) is 0.303. The topological polar surface area (TPSA) is 75.8 Å². The number of carboxylic acids is 1. The summed E-state index contributed by atoms with van der Waals surface area (Å²) < 4.78 is 20.2. The van der Waals surface area contributed by atoms with Crippen LogP contribution >= 0.6 is 9.24 Å². The molecule has 1 unspecified atom stereocenters. The van der Waals surface area contributed by atoms with E-state index in [-0.39, 0.29) is 18.1 Å². The van der Waals surface area contributed by atoms with Gasteiger partial charge in [0.2, 0.25) is 0 Å². The summed E-state index contributed by atoms with van der Waals surface area (Å²) in [6.45, 7) is 2.20. The Bertz CT molecular complexity index is 1210. The number of carbonyl (C=O) groups is 1. The summed E-state index contributed by atoms with van der Waals surface area (Å²) in [6, 6.07) is 13.2. The highest BCUT2D eigenvalue weighted by Crippen LogP contribution is 2.21. The molecule has 1 aromatic heterocycles. The maximum atomic E-state index is 12.3. The lowest BCUT2D eigenvalue weighted by atomic mass is 10.1. The van der Waals surface area contributed by atoms with Gasteiger partial charge in [-0.2, -0.15) is 0 Å². The Morgan fingerprint density at radius 1 is 1.28 bits per heavy atom. The lowest BCUT2D eigenvalue weighted by Crippen LogP contribution is -2.29. The van der Waals surface area contributed by atoms with E-state index in [9.17, 15) is 14.3 Å². The van der Waals surface area contributed by atoms with Crippen molar-refractivity contribution in [3.8, 4) is 5.75 Å². The minimum atomic E-state index is -1.04. The molecule has 3 aromatic rings. The molecule has 0 fully saturated rings. The first kappa shape index (κ1) is 23.2. The summed E-state index contributed by atoms with van der Waals surface area (Å²) in [5, 5.41) is 14.3. The highest BCUT2D eigenvalue weighted by atomic mass is 31.0. The van der Waals surface area contributed by atoms with E-state index in [4.69, 9.17) is 4.74 Å². The molecule has 3 rings (SSSR count). The van der Waals surface area contributed by atoms with E-state index >= 15 is 0 Å². The number of nitrogens with one attached hydrogen (secondary N) is 1. The first-order valence-corrected chi connectivity index (χ1v) is 10.5. The van der Waals surface area contributed by atoms with Gasteiger partial charge in [0.05, 0.1) is 18.4 Å². The Morgan fingerprint density at radius 3 is 2.84 bits per heavy atom. The number of aromatic carboxylic acids is 1. The number of hydrogen-bond acceptors (Lipinski definition) is 3. The van der Waals surface area contributed by atoms with Gasteiger partial charge in [-0.25, -0.2) is 14.2 Å². The van der Waals surface area contributed by atoms with Gasteiger partial charge in [0, 0.05) is 30.7 Å². The smallest absolute Gasteiger partial charge is 0.336 e. The van der Waals surface area contributed by atoms with Crippen molar-refractivity contribution in [2.75, 3.05) is 13.1 Å². The van der Waals surface area contributed by atoms with Gasteiger partial charge < -0.3 is 19.7 Å². The Morgan fingerprint density at radius 2 is 2.09 bits per heavy atom. The SMILES string of the molecule is Cc1ccc(OC(=NC/C(P)=C/c2ccc3c(ccn3C)c2)NC/C=C/F)cc1C(=O)O. The number of carboxylic acid groups (broad SMARTS) is 1. The summed E-state index contributed by atoms with van der Waals surface area (Å²) in [5.41, 5.74) is 2.98. The number of hydrogen-bond donors (Lipinski definition) is 2. The number of aromatic nitrogens is 1. The zero-order valence-electron chi connectivity index (χ0n) is 17.9. The van der Waals surface area contributed by atoms with Crippen molar-refractivity contribution in [3.63, 3.8) is 0 Å². The van der Waals surface area contributed by atoms with E-state index in [2.05, 4.69) is 42.3 Å². The number of aryl methyl sites for hydroxylation is 2. The van der Waals surface area contributed by atoms with E-state index in [1.54, 1.807) is 19.1 Å². The van der Waals surface area contributed by atoms with Gasteiger partial charge in [-0.15, -0.1) is 9.24 Å². The van der Waals surface area contributed by atoms with Gasteiger partial charge in [-0.3, -0.25) is 0 Å². The molecule has 8 heteroatoms. The van der Waals surface area contributed by atoms with Gasteiger partial charge in [0.25, 0.3) is 6.02 Å². The van der Waals surface area contributed by atoms with Gasteiger partial charge in [-0.1, -0.05) is 12.1 Å². The summed E-state index contributed by atoms with van der Waals surface area (Å²) in [5.74, 6) is -0.711. The first-order valence-electron chi connectivity index (χ1n) is 9.94. The Hall–Kier alpha value is -3.44. The van der Waals surface area contributed by atoms with Crippen LogP contribution in [-0.2, 0) is 7.05 Å². The summed E-state index contributed by atoms with van der Waals surface area (Å²) in [6.07, 6.45) is 5.74. The average molecular weight is 453 g/mol. The number of halogens is 1. The molecule has 0 aliphatic heterocycles. The van der Waals surface area contributed by atoms with Crippen LogP contribution < -0.4 is 10.1 Å². The molecule has 6 nitrogen and oxygen atoms in total.